The van der Waals surface area contributed by atoms with Gasteiger partial charge in [-0.05, 0) is 55.3 Å². The molecule has 7 nitrogen and oxygen atoms in total. The van der Waals surface area contributed by atoms with Gasteiger partial charge in [-0.3, -0.25) is 9.36 Å². The molecule has 0 bridgehead atoms. The van der Waals surface area contributed by atoms with Crippen molar-refractivity contribution in [3.63, 3.8) is 0 Å². The molecule has 0 aliphatic carbocycles. The SMILES string of the molecule is C=CCOc1ccc(C2C(C(=O)OCC)=C(C)N=c3sc(=Cc4cccc(O)c4)c(=O)n32)cc1. The van der Waals surface area contributed by atoms with Crippen molar-refractivity contribution in [1.82, 2.24) is 4.57 Å². The van der Waals surface area contributed by atoms with E-state index in [2.05, 4.69) is 11.6 Å². The number of phenolic OH excluding ortho intramolecular Hbond substituents is 1. The van der Waals surface area contributed by atoms with E-state index in [0.29, 0.717) is 38.5 Å². The summed E-state index contributed by atoms with van der Waals surface area (Å²) in [5.74, 6) is 0.250. The molecule has 3 aromatic rings. The fourth-order valence-electron chi connectivity index (χ4n) is 3.77. The summed E-state index contributed by atoms with van der Waals surface area (Å²) in [5.41, 5.74) is 1.96. The van der Waals surface area contributed by atoms with Gasteiger partial charge >= 0.3 is 5.97 Å². The van der Waals surface area contributed by atoms with Crippen molar-refractivity contribution in [3.8, 4) is 11.5 Å². The Balaban J connectivity index is 1.89. The lowest BCUT2D eigenvalue weighted by atomic mass is 9.96. The third-order valence-electron chi connectivity index (χ3n) is 5.25. The van der Waals surface area contributed by atoms with E-state index < -0.39 is 12.0 Å². The van der Waals surface area contributed by atoms with Gasteiger partial charge in [-0.25, -0.2) is 9.79 Å². The molecule has 0 saturated carbocycles. The molecule has 8 heteroatoms. The maximum atomic E-state index is 13.5. The monoisotopic (exact) mass is 476 g/mol. The van der Waals surface area contributed by atoms with Crippen LogP contribution in [0.5, 0.6) is 11.5 Å². The summed E-state index contributed by atoms with van der Waals surface area (Å²) < 4.78 is 12.9. The lowest BCUT2D eigenvalue weighted by Crippen LogP contribution is -2.39. The highest BCUT2D eigenvalue weighted by molar-refractivity contribution is 7.07. The van der Waals surface area contributed by atoms with Gasteiger partial charge in [-0.15, -0.1) is 0 Å². The van der Waals surface area contributed by atoms with Gasteiger partial charge in [0, 0.05) is 0 Å². The Morgan fingerprint density at radius 2 is 2.03 bits per heavy atom. The van der Waals surface area contributed by atoms with Crippen LogP contribution in [0, 0.1) is 0 Å². The van der Waals surface area contributed by atoms with Crippen LogP contribution >= 0.6 is 11.3 Å². The van der Waals surface area contributed by atoms with Crippen molar-refractivity contribution in [1.29, 1.82) is 0 Å². The van der Waals surface area contributed by atoms with E-state index in [-0.39, 0.29) is 17.9 Å². The largest absolute Gasteiger partial charge is 0.508 e. The summed E-state index contributed by atoms with van der Waals surface area (Å²) in [5, 5.41) is 9.78. The van der Waals surface area contributed by atoms with E-state index in [1.807, 2.05) is 12.1 Å². The molecule has 0 spiro atoms. The third-order valence-corrected chi connectivity index (χ3v) is 6.23. The Bertz CT molecular complexity index is 1450. The lowest BCUT2D eigenvalue weighted by molar-refractivity contribution is -0.139. The number of thiazole rings is 1. The van der Waals surface area contributed by atoms with Gasteiger partial charge in [-0.2, -0.15) is 0 Å². The van der Waals surface area contributed by atoms with Gasteiger partial charge in [0.2, 0.25) is 0 Å². The molecule has 4 rings (SSSR count). The number of ether oxygens (including phenoxy) is 2. The molecule has 34 heavy (non-hydrogen) atoms. The van der Waals surface area contributed by atoms with Crippen LogP contribution in [-0.2, 0) is 9.53 Å². The van der Waals surface area contributed by atoms with Crippen LogP contribution in [0.3, 0.4) is 0 Å². The molecule has 1 N–H and O–H groups in total. The summed E-state index contributed by atoms with van der Waals surface area (Å²) in [7, 11) is 0. The minimum Gasteiger partial charge on any atom is -0.508 e. The molecule has 1 atom stereocenters. The molecule has 0 fully saturated rings. The first kappa shape index (κ1) is 23.3. The number of carbonyl (C=O) groups is 1. The summed E-state index contributed by atoms with van der Waals surface area (Å²) in [6, 6.07) is 13.2. The second-order valence-electron chi connectivity index (χ2n) is 7.57. The van der Waals surface area contributed by atoms with Crippen LogP contribution in [0.1, 0.15) is 31.0 Å². The predicted octanol–water partition coefficient (Wildman–Crippen LogP) is 3.07. The lowest BCUT2D eigenvalue weighted by Gasteiger charge is -2.24. The first-order valence-electron chi connectivity index (χ1n) is 10.7. The molecule has 1 aliphatic rings. The highest BCUT2D eigenvalue weighted by Crippen LogP contribution is 2.31. The molecule has 174 valence electrons. The van der Waals surface area contributed by atoms with Crippen LogP contribution in [0.4, 0.5) is 0 Å². The van der Waals surface area contributed by atoms with Crippen LogP contribution < -0.4 is 19.6 Å². The Kier molecular flexibility index (Phi) is 6.79. The van der Waals surface area contributed by atoms with Crippen molar-refractivity contribution in [2.75, 3.05) is 13.2 Å². The van der Waals surface area contributed by atoms with Crippen molar-refractivity contribution in [3.05, 3.63) is 103 Å². The van der Waals surface area contributed by atoms with E-state index in [4.69, 9.17) is 9.47 Å². The number of phenols is 1. The van der Waals surface area contributed by atoms with E-state index in [0.717, 1.165) is 5.56 Å². The zero-order chi connectivity index (χ0) is 24.2. The minimum atomic E-state index is -0.699. The number of aromatic hydroxyl groups is 1. The fraction of sp³-hybridized carbons (Fsp3) is 0.192. The van der Waals surface area contributed by atoms with E-state index in [1.165, 1.54) is 15.9 Å². The number of nitrogens with zero attached hydrogens (tertiary/aromatic N) is 2. The Labute approximate surface area is 200 Å². The topological polar surface area (TPSA) is 90.1 Å². The van der Waals surface area contributed by atoms with Gasteiger partial charge < -0.3 is 14.6 Å². The number of aromatic nitrogens is 1. The molecule has 1 unspecified atom stereocenters. The van der Waals surface area contributed by atoms with E-state index in [9.17, 15) is 14.7 Å². The molecule has 2 aromatic carbocycles. The highest BCUT2D eigenvalue weighted by atomic mass is 32.1. The molecule has 1 aliphatic heterocycles. The number of benzene rings is 2. The summed E-state index contributed by atoms with van der Waals surface area (Å²) >= 11 is 1.23. The number of rotatable bonds is 7. The molecule has 0 saturated heterocycles. The fourth-order valence-corrected chi connectivity index (χ4v) is 4.82. The molecule has 2 heterocycles. The number of hydrogen-bond donors (Lipinski definition) is 1. The number of hydrogen-bond acceptors (Lipinski definition) is 7. The van der Waals surface area contributed by atoms with Gasteiger partial charge in [-0.1, -0.05) is 48.3 Å². The normalized spacial score (nSPS) is 15.5. The summed E-state index contributed by atoms with van der Waals surface area (Å²) in [6.45, 7) is 7.70. The number of allylic oxidation sites excluding steroid dienone is 1. The van der Waals surface area contributed by atoms with Crippen LogP contribution in [-0.4, -0.2) is 28.9 Å². The highest BCUT2D eigenvalue weighted by Gasteiger charge is 2.33. The molecular weight excluding hydrogens is 452 g/mol. The smallest absolute Gasteiger partial charge is 0.338 e. The van der Waals surface area contributed by atoms with Crippen LogP contribution in [0.15, 0.2) is 82.2 Å². The average Bonchev–Trinajstić information content (AvgIpc) is 3.11. The molecular formula is C26H24N2O5S. The number of esters is 1. The molecule has 0 radical (unpaired) electrons. The maximum absolute atomic E-state index is 13.5. The van der Waals surface area contributed by atoms with Gasteiger partial charge in [0.15, 0.2) is 4.80 Å². The predicted molar refractivity (Wildman–Crippen MR) is 131 cm³/mol. The summed E-state index contributed by atoms with van der Waals surface area (Å²) in [4.78, 5) is 31.5. The Morgan fingerprint density at radius 1 is 1.26 bits per heavy atom. The Hall–Kier alpha value is -3.91. The van der Waals surface area contributed by atoms with Crippen molar-refractivity contribution >= 4 is 23.4 Å². The summed E-state index contributed by atoms with van der Waals surface area (Å²) in [6.07, 6.45) is 3.36. The second-order valence-corrected chi connectivity index (χ2v) is 8.58. The molecule has 1 aromatic heterocycles. The van der Waals surface area contributed by atoms with Crippen molar-refractivity contribution < 1.29 is 19.4 Å². The van der Waals surface area contributed by atoms with Gasteiger partial charge in [0.25, 0.3) is 5.56 Å². The third kappa shape index (κ3) is 4.58. The average molecular weight is 477 g/mol. The van der Waals surface area contributed by atoms with E-state index >= 15 is 0 Å². The zero-order valence-electron chi connectivity index (χ0n) is 18.9. The van der Waals surface area contributed by atoms with Crippen molar-refractivity contribution in [2.24, 2.45) is 4.99 Å². The first-order chi connectivity index (χ1) is 16.4. The minimum absolute atomic E-state index is 0.110. The van der Waals surface area contributed by atoms with Crippen molar-refractivity contribution in [2.45, 2.75) is 19.9 Å². The van der Waals surface area contributed by atoms with Gasteiger partial charge in [0.05, 0.1) is 28.5 Å². The van der Waals surface area contributed by atoms with Crippen LogP contribution in [0.2, 0.25) is 0 Å². The van der Waals surface area contributed by atoms with Gasteiger partial charge in [0.1, 0.15) is 18.1 Å². The first-order valence-corrected chi connectivity index (χ1v) is 11.6. The zero-order valence-corrected chi connectivity index (χ0v) is 19.7. The number of carbonyl (C=O) groups excluding carboxylic acids is 1. The quantitative estimate of drug-likeness (QED) is 0.418. The van der Waals surface area contributed by atoms with Crippen LogP contribution in [0.25, 0.3) is 6.08 Å². The standard InChI is InChI=1S/C26H24N2O5S/c1-4-13-33-20-11-9-18(10-12-20)23-22(25(31)32-5-2)16(3)27-26-28(23)24(30)21(34-26)15-17-7-6-8-19(29)14-17/h4,6-12,14-15,23,29H,1,5,13H2,2-3H3. The second kappa shape index (κ2) is 9.93. The van der Waals surface area contributed by atoms with E-state index in [1.54, 1.807) is 62.4 Å². The maximum Gasteiger partial charge on any atom is 0.338 e. The number of fused-ring (bicyclic) bond motifs is 1. The molecule has 0 amide bonds. The Morgan fingerprint density at radius 3 is 2.71 bits per heavy atom.